The first-order chi connectivity index (χ1) is 13.6. The first-order valence-electron chi connectivity index (χ1n) is 8.39. The van der Waals surface area contributed by atoms with Crippen molar-refractivity contribution in [2.45, 2.75) is 24.2 Å². The summed E-state index contributed by atoms with van der Waals surface area (Å²) in [7, 11) is -3.69. The summed E-state index contributed by atoms with van der Waals surface area (Å²) in [4.78, 5) is 23.7. The number of nitrogens with two attached hydrogens (primary N) is 4. The molecular formula is C16H21ClN8O3S. The van der Waals surface area contributed by atoms with Gasteiger partial charge in [0.25, 0.3) is 5.91 Å². The predicted molar refractivity (Wildman–Crippen MR) is 111 cm³/mol. The molecule has 0 aliphatic carbocycles. The Morgan fingerprint density at radius 1 is 1.10 bits per heavy atom. The zero-order chi connectivity index (χ0) is 21.6. The van der Waals surface area contributed by atoms with Gasteiger partial charge in [-0.1, -0.05) is 23.7 Å². The van der Waals surface area contributed by atoms with Crippen LogP contribution in [0.4, 0.5) is 11.6 Å². The Morgan fingerprint density at radius 3 is 2.38 bits per heavy atom. The lowest BCUT2D eigenvalue weighted by molar-refractivity contribution is 0.0972. The van der Waals surface area contributed by atoms with Crippen molar-refractivity contribution in [3.05, 3.63) is 40.7 Å². The maximum Gasteiger partial charge on any atom is 0.280 e. The number of carbonyl (C=O) groups excluding carboxylic acids is 1. The van der Waals surface area contributed by atoms with Gasteiger partial charge in [0.1, 0.15) is 0 Å². The molecule has 0 bridgehead atoms. The van der Waals surface area contributed by atoms with Crippen LogP contribution in [0.5, 0.6) is 0 Å². The SMILES string of the molecule is NC(=NCCCCc1ccc(S(N)(=O)=O)cc1)NC(=O)c1nc(Cl)c(N)nc1N. The number of nitrogens with one attached hydrogen (secondary N) is 1. The van der Waals surface area contributed by atoms with Crippen molar-refractivity contribution in [1.82, 2.24) is 15.3 Å². The van der Waals surface area contributed by atoms with Crippen LogP contribution in [0.25, 0.3) is 0 Å². The van der Waals surface area contributed by atoms with Crippen LogP contribution in [0.2, 0.25) is 5.15 Å². The molecule has 0 radical (unpaired) electrons. The van der Waals surface area contributed by atoms with Gasteiger partial charge in [0.05, 0.1) is 4.90 Å². The minimum absolute atomic E-state index is 0.0714. The molecule has 0 aliphatic heterocycles. The number of anilines is 2. The number of rotatable bonds is 7. The Labute approximate surface area is 172 Å². The van der Waals surface area contributed by atoms with E-state index in [2.05, 4.69) is 20.3 Å². The number of amides is 1. The van der Waals surface area contributed by atoms with Gasteiger partial charge < -0.3 is 17.2 Å². The van der Waals surface area contributed by atoms with Crippen LogP contribution < -0.4 is 27.7 Å². The molecule has 13 heteroatoms. The second-order valence-corrected chi connectivity index (χ2v) is 7.92. The Balaban J connectivity index is 1.80. The Kier molecular flexibility index (Phi) is 7.31. The van der Waals surface area contributed by atoms with Crippen LogP contribution >= 0.6 is 11.6 Å². The van der Waals surface area contributed by atoms with Gasteiger partial charge >= 0.3 is 0 Å². The molecule has 0 saturated carbocycles. The third kappa shape index (κ3) is 6.55. The van der Waals surface area contributed by atoms with Gasteiger partial charge in [-0.15, -0.1) is 0 Å². The molecule has 2 aromatic rings. The second-order valence-electron chi connectivity index (χ2n) is 6.00. The molecular weight excluding hydrogens is 420 g/mol. The van der Waals surface area contributed by atoms with Crippen molar-refractivity contribution in [3.8, 4) is 0 Å². The molecule has 0 spiro atoms. The van der Waals surface area contributed by atoms with Crippen LogP contribution in [-0.4, -0.2) is 36.8 Å². The standard InChI is InChI=1S/C16H21ClN8O3S/c17-12-14(19)24-13(18)11(23-12)15(26)25-16(20)22-8-2-1-3-9-4-6-10(7-5-9)29(21,27)28/h4-7H,1-3,8H2,(H4,18,19,24)(H2,21,27,28)(H3,20,22,25,26). The molecule has 1 aromatic carbocycles. The lowest BCUT2D eigenvalue weighted by Crippen LogP contribution is -2.38. The van der Waals surface area contributed by atoms with E-state index >= 15 is 0 Å². The summed E-state index contributed by atoms with van der Waals surface area (Å²) in [6.07, 6.45) is 2.21. The quantitative estimate of drug-likeness (QED) is 0.224. The highest BCUT2D eigenvalue weighted by Crippen LogP contribution is 2.17. The molecule has 0 saturated heterocycles. The minimum atomic E-state index is -3.69. The van der Waals surface area contributed by atoms with Crippen LogP contribution in [0.3, 0.4) is 0 Å². The average Bonchev–Trinajstić information content (AvgIpc) is 2.64. The number of halogens is 1. The van der Waals surface area contributed by atoms with Crippen molar-refractivity contribution < 1.29 is 13.2 Å². The largest absolute Gasteiger partial charge is 0.382 e. The van der Waals surface area contributed by atoms with E-state index in [1.807, 2.05) is 0 Å². The summed E-state index contributed by atoms with van der Waals surface area (Å²) >= 11 is 5.73. The van der Waals surface area contributed by atoms with Crippen molar-refractivity contribution in [3.63, 3.8) is 0 Å². The highest BCUT2D eigenvalue weighted by atomic mass is 35.5. The van der Waals surface area contributed by atoms with E-state index in [0.29, 0.717) is 13.0 Å². The third-order valence-corrected chi connectivity index (χ3v) is 4.98. The minimum Gasteiger partial charge on any atom is -0.382 e. The molecule has 1 heterocycles. The maximum absolute atomic E-state index is 12.1. The molecule has 1 aromatic heterocycles. The van der Waals surface area contributed by atoms with E-state index in [1.165, 1.54) is 12.1 Å². The monoisotopic (exact) mass is 440 g/mol. The van der Waals surface area contributed by atoms with E-state index < -0.39 is 15.9 Å². The number of sulfonamides is 1. The maximum atomic E-state index is 12.1. The van der Waals surface area contributed by atoms with Gasteiger partial charge in [-0.05, 0) is 37.0 Å². The fraction of sp³-hybridized carbons (Fsp3) is 0.250. The number of guanidine groups is 1. The van der Waals surface area contributed by atoms with Crippen LogP contribution in [0, 0.1) is 0 Å². The molecule has 0 fully saturated rings. The van der Waals surface area contributed by atoms with Gasteiger partial charge in [0.15, 0.2) is 28.4 Å². The molecule has 2 rings (SSSR count). The molecule has 0 aliphatic rings. The number of nitrogen functional groups attached to an aromatic ring is 2. The summed E-state index contributed by atoms with van der Waals surface area (Å²) in [5, 5.41) is 7.27. The van der Waals surface area contributed by atoms with Crippen LogP contribution in [0.1, 0.15) is 28.9 Å². The van der Waals surface area contributed by atoms with Crippen LogP contribution in [-0.2, 0) is 16.4 Å². The van der Waals surface area contributed by atoms with Gasteiger partial charge in [0, 0.05) is 6.54 Å². The Morgan fingerprint density at radius 2 is 1.76 bits per heavy atom. The lowest BCUT2D eigenvalue weighted by atomic mass is 10.1. The van der Waals surface area contributed by atoms with Gasteiger partial charge in [-0.3, -0.25) is 15.1 Å². The van der Waals surface area contributed by atoms with Crippen molar-refractivity contribution in [2.75, 3.05) is 18.0 Å². The number of aromatic nitrogens is 2. The molecule has 9 N–H and O–H groups in total. The third-order valence-electron chi connectivity index (χ3n) is 3.77. The number of benzene rings is 1. The smallest absolute Gasteiger partial charge is 0.280 e. The van der Waals surface area contributed by atoms with Crippen molar-refractivity contribution in [2.24, 2.45) is 15.9 Å². The van der Waals surface area contributed by atoms with Crippen molar-refractivity contribution >= 4 is 45.1 Å². The Hall–Kier alpha value is -2.96. The van der Waals surface area contributed by atoms with Gasteiger partial charge in [-0.25, -0.2) is 23.5 Å². The number of primary sulfonamides is 1. The average molecular weight is 441 g/mol. The van der Waals surface area contributed by atoms with E-state index in [1.54, 1.807) is 12.1 Å². The number of nitrogens with zero attached hydrogens (tertiary/aromatic N) is 3. The summed E-state index contributed by atoms with van der Waals surface area (Å²) in [5.41, 5.74) is 17.5. The van der Waals surface area contributed by atoms with E-state index in [4.69, 9.17) is 33.9 Å². The molecule has 156 valence electrons. The normalized spacial score (nSPS) is 12.0. The first-order valence-corrected chi connectivity index (χ1v) is 10.3. The summed E-state index contributed by atoms with van der Waals surface area (Å²) in [6, 6.07) is 6.35. The number of aryl methyl sites for hydroxylation is 1. The van der Waals surface area contributed by atoms with Crippen LogP contribution in [0.15, 0.2) is 34.2 Å². The number of unbranched alkanes of at least 4 members (excludes halogenated alkanes) is 1. The second kappa shape index (κ2) is 9.49. The predicted octanol–water partition coefficient (Wildman–Crippen LogP) is 0.00920. The summed E-state index contributed by atoms with van der Waals surface area (Å²) in [5.74, 6) is -1.05. The van der Waals surface area contributed by atoms with E-state index in [-0.39, 0.29) is 33.3 Å². The van der Waals surface area contributed by atoms with Crippen molar-refractivity contribution in [1.29, 1.82) is 0 Å². The number of carbonyl (C=O) groups is 1. The Bertz CT molecular complexity index is 1030. The molecule has 29 heavy (non-hydrogen) atoms. The highest BCUT2D eigenvalue weighted by molar-refractivity contribution is 7.89. The summed E-state index contributed by atoms with van der Waals surface area (Å²) in [6.45, 7) is 0.380. The number of aliphatic imine (C=N–C) groups is 1. The lowest BCUT2D eigenvalue weighted by Gasteiger charge is -2.07. The first kappa shape index (κ1) is 22.3. The molecule has 0 atom stereocenters. The van der Waals surface area contributed by atoms with Gasteiger partial charge in [0.2, 0.25) is 10.0 Å². The molecule has 11 nitrogen and oxygen atoms in total. The van der Waals surface area contributed by atoms with Gasteiger partial charge in [-0.2, -0.15) is 0 Å². The molecule has 1 amide bonds. The zero-order valence-corrected chi connectivity index (χ0v) is 16.9. The number of hydrogen-bond donors (Lipinski definition) is 5. The van der Waals surface area contributed by atoms with E-state index in [9.17, 15) is 13.2 Å². The fourth-order valence-electron chi connectivity index (χ4n) is 2.31. The number of hydrogen-bond acceptors (Lipinski definition) is 8. The zero-order valence-electron chi connectivity index (χ0n) is 15.3. The fourth-order valence-corrected chi connectivity index (χ4v) is 2.95. The highest BCUT2D eigenvalue weighted by Gasteiger charge is 2.16. The summed E-state index contributed by atoms with van der Waals surface area (Å²) < 4.78 is 22.4. The topological polar surface area (TPSA) is 205 Å². The van der Waals surface area contributed by atoms with E-state index in [0.717, 1.165) is 18.4 Å². The molecule has 0 unspecified atom stereocenters.